The second kappa shape index (κ2) is 6.95. The third kappa shape index (κ3) is 4.10. The highest BCUT2D eigenvalue weighted by atomic mass is 16.5. The highest BCUT2D eigenvalue weighted by Gasteiger charge is 2.04. The Bertz CT molecular complexity index is 493. The van der Waals surface area contributed by atoms with E-state index >= 15 is 0 Å². The maximum Gasteiger partial charge on any atom is 0.203 e. The van der Waals surface area contributed by atoms with Crippen LogP contribution in [0.2, 0.25) is 0 Å². The number of hydrogen-bond acceptors (Lipinski definition) is 3. The molecule has 0 saturated heterocycles. The topological polar surface area (TPSA) is 39.1 Å². The van der Waals surface area contributed by atoms with Crippen molar-refractivity contribution in [1.82, 2.24) is 9.55 Å². The van der Waals surface area contributed by atoms with Crippen molar-refractivity contribution < 1.29 is 4.74 Å². The van der Waals surface area contributed by atoms with Crippen LogP contribution in [0, 0.1) is 6.92 Å². The largest absolute Gasteiger partial charge is 0.385 e. The van der Waals surface area contributed by atoms with Crippen LogP contribution in [0.15, 0.2) is 36.5 Å². The second-order valence-corrected chi connectivity index (χ2v) is 4.58. The van der Waals surface area contributed by atoms with Gasteiger partial charge in [-0.2, -0.15) is 0 Å². The fraction of sp³-hybridized carbons (Fsp3) is 0.400. The van der Waals surface area contributed by atoms with E-state index in [0.29, 0.717) is 0 Å². The molecule has 1 N–H and O–H groups in total. The number of aryl methyl sites for hydroxylation is 2. The van der Waals surface area contributed by atoms with Gasteiger partial charge in [-0.15, -0.1) is 0 Å². The number of nitrogens with zero attached hydrogens (tertiary/aromatic N) is 2. The Balaban J connectivity index is 1.95. The number of imidazole rings is 1. The molecule has 19 heavy (non-hydrogen) atoms. The molecule has 0 aliphatic rings. The van der Waals surface area contributed by atoms with Crippen LogP contribution in [-0.2, 0) is 17.8 Å². The molecule has 0 aliphatic heterocycles. The van der Waals surface area contributed by atoms with Gasteiger partial charge in [0.05, 0.1) is 5.69 Å². The molecule has 4 heteroatoms. The first-order chi connectivity index (χ1) is 9.29. The Morgan fingerprint density at radius 3 is 2.79 bits per heavy atom. The van der Waals surface area contributed by atoms with Crippen LogP contribution < -0.4 is 5.32 Å². The first-order valence-corrected chi connectivity index (χ1v) is 6.60. The first kappa shape index (κ1) is 13.6. The molecule has 0 spiro atoms. The predicted molar refractivity (Wildman–Crippen MR) is 77.2 cm³/mol. The number of anilines is 1. The van der Waals surface area contributed by atoms with Gasteiger partial charge >= 0.3 is 0 Å². The highest BCUT2D eigenvalue weighted by molar-refractivity contribution is 5.31. The van der Waals surface area contributed by atoms with Gasteiger partial charge in [0.1, 0.15) is 0 Å². The molecule has 1 aromatic carbocycles. The van der Waals surface area contributed by atoms with Gasteiger partial charge < -0.3 is 14.6 Å². The summed E-state index contributed by atoms with van der Waals surface area (Å²) in [6.45, 7) is 4.50. The van der Waals surface area contributed by atoms with Crippen LogP contribution >= 0.6 is 0 Å². The normalized spacial score (nSPS) is 10.6. The summed E-state index contributed by atoms with van der Waals surface area (Å²) in [5.41, 5.74) is 2.29. The van der Waals surface area contributed by atoms with E-state index in [1.54, 1.807) is 7.11 Å². The fourth-order valence-corrected chi connectivity index (χ4v) is 2.01. The lowest BCUT2D eigenvalue weighted by atomic mass is 10.2. The number of nitrogens with one attached hydrogen (secondary N) is 1. The van der Waals surface area contributed by atoms with E-state index < -0.39 is 0 Å². The minimum Gasteiger partial charge on any atom is -0.385 e. The van der Waals surface area contributed by atoms with Crippen molar-refractivity contribution in [2.45, 2.75) is 26.4 Å². The van der Waals surface area contributed by atoms with E-state index in [1.807, 2.05) is 25.1 Å². The molecule has 0 unspecified atom stereocenters. The van der Waals surface area contributed by atoms with E-state index in [1.165, 1.54) is 5.56 Å². The number of ether oxygens (including phenoxy) is 1. The summed E-state index contributed by atoms with van der Waals surface area (Å²) in [6, 6.07) is 10.3. The van der Waals surface area contributed by atoms with Gasteiger partial charge in [0.2, 0.25) is 5.95 Å². The summed E-state index contributed by atoms with van der Waals surface area (Å²) in [7, 11) is 1.73. The Hall–Kier alpha value is -1.81. The number of methoxy groups -OCH3 is 1. The quantitative estimate of drug-likeness (QED) is 0.777. The van der Waals surface area contributed by atoms with Crippen LogP contribution in [0.1, 0.15) is 17.7 Å². The number of hydrogen-bond donors (Lipinski definition) is 1. The van der Waals surface area contributed by atoms with Crippen molar-refractivity contribution in [2.24, 2.45) is 0 Å². The van der Waals surface area contributed by atoms with Gasteiger partial charge in [-0.05, 0) is 18.9 Å². The van der Waals surface area contributed by atoms with Crippen molar-refractivity contribution in [1.29, 1.82) is 0 Å². The molecule has 2 aromatic rings. The zero-order chi connectivity index (χ0) is 13.5. The van der Waals surface area contributed by atoms with Gasteiger partial charge in [0.15, 0.2) is 0 Å². The van der Waals surface area contributed by atoms with Gasteiger partial charge in [-0.25, -0.2) is 4.98 Å². The highest BCUT2D eigenvalue weighted by Crippen LogP contribution is 2.11. The van der Waals surface area contributed by atoms with Crippen molar-refractivity contribution in [3.05, 3.63) is 47.8 Å². The molecule has 1 heterocycles. The molecule has 4 nitrogen and oxygen atoms in total. The van der Waals surface area contributed by atoms with Gasteiger partial charge in [-0.1, -0.05) is 30.3 Å². The first-order valence-electron chi connectivity index (χ1n) is 6.60. The average molecular weight is 259 g/mol. The predicted octanol–water partition coefficient (Wildman–Crippen LogP) is 2.84. The molecule has 0 amide bonds. The lowest BCUT2D eigenvalue weighted by Gasteiger charge is -2.09. The SMILES string of the molecule is COCCCn1cc(C)nc1NCc1ccccc1. The van der Waals surface area contributed by atoms with Crippen LogP contribution in [-0.4, -0.2) is 23.3 Å². The Morgan fingerprint density at radius 1 is 1.26 bits per heavy atom. The van der Waals surface area contributed by atoms with E-state index in [2.05, 4.69) is 33.2 Å². The van der Waals surface area contributed by atoms with E-state index in [9.17, 15) is 0 Å². The Morgan fingerprint density at radius 2 is 2.05 bits per heavy atom. The smallest absolute Gasteiger partial charge is 0.203 e. The van der Waals surface area contributed by atoms with Crippen LogP contribution in [0.4, 0.5) is 5.95 Å². The maximum atomic E-state index is 5.09. The molecule has 0 aliphatic carbocycles. The average Bonchev–Trinajstić information content (AvgIpc) is 2.78. The molecule has 1 aromatic heterocycles. The molecular weight excluding hydrogens is 238 g/mol. The van der Waals surface area contributed by atoms with Crippen LogP contribution in [0.25, 0.3) is 0 Å². The minimum absolute atomic E-state index is 0.773. The molecular formula is C15H21N3O. The summed E-state index contributed by atoms with van der Waals surface area (Å²) in [5.74, 6) is 0.928. The number of aromatic nitrogens is 2. The molecule has 0 fully saturated rings. The zero-order valence-electron chi connectivity index (χ0n) is 11.6. The van der Waals surface area contributed by atoms with E-state index in [-0.39, 0.29) is 0 Å². The number of benzene rings is 1. The molecule has 2 rings (SSSR count). The second-order valence-electron chi connectivity index (χ2n) is 4.58. The minimum atomic E-state index is 0.773. The molecule has 0 atom stereocenters. The van der Waals surface area contributed by atoms with Gasteiger partial charge in [0.25, 0.3) is 0 Å². The Kier molecular flexibility index (Phi) is 4.98. The summed E-state index contributed by atoms with van der Waals surface area (Å²) in [5, 5.41) is 3.39. The third-order valence-corrected chi connectivity index (χ3v) is 2.94. The summed E-state index contributed by atoms with van der Waals surface area (Å²) in [6.07, 6.45) is 3.06. The van der Waals surface area contributed by atoms with Crippen molar-refractivity contribution in [3.63, 3.8) is 0 Å². The zero-order valence-corrected chi connectivity index (χ0v) is 11.6. The third-order valence-electron chi connectivity index (χ3n) is 2.94. The van der Waals surface area contributed by atoms with Crippen LogP contribution in [0.3, 0.4) is 0 Å². The van der Waals surface area contributed by atoms with Gasteiger partial charge in [0, 0.05) is 33.0 Å². The molecule has 0 radical (unpaired) electrons. The molecule has 102 valence electrons. The van der Waals surface area contributed by atoms with Gasteiger partial charge in [-0.3, -0.25) is 0 Å². The summed E-state index contributed by atoms with van der Waals surface area (Å²) < 4.78 is 7.24. The number of rotatable bonds is 7. The Labute approximate surface area is 114 Å². The maximum absolute atomic E-state index is 5.09. The molecule has 0 saturated carbocycles. The van der Waals surface area contributed by atoms with E-state index in [4.69, 9.17) is 4.74 Å². The lowest BCUT2D eigenvalue weighted by Crippen LogP contribution is -2.08. The molecule has 0 bridgehead atoms. The summed E-state index contributed by atoms with van der Waals surface area (Å²) in [4.78, 5) is 4.52. The van der Waals surface area contributed by atoms with Crippen molar-refractivity contribution in [2.75, 3.05) is 19.0 Å². The fourth-order valence-electron chi connectivity index (χ4n) is 2.01. The summed E-state index contributed by atoms with van der Waals surface area (Å²) >= 11 is 0. The van der Waals surface area contributed by atoms with Crippen LogP contribution in [0.5, 0.6) is 0 Å². The van der Waals surface area contributed by atoms with Crippen molar-refractivity contribution in [3.8, 4) is 0 Å². The van der Waals surface area contributed by atoms with E-state index in [0.717, 1.165) is 37.8 Å². The lowest BCUT2D eigenvalue weighted by molar-refractivity contribution is 0.190. The monoisotopic (exact) mass is 259 g/mol. The standard InChI is InChI=1S/C15H21N3O/c1-13-12-18(9-6-10-19-2)15(17-13)16-11-14-7-4-3-5-8-14/h3-5,7-8,12H,6,9-11H2,1-2H3,(H,16,17). The van der Waals surface area contributed by atoms with Crippen molar-refractivity contribution >= 4 is 5.95 Å².